The fourth-order valence-corrected chi connectivity index (χ4v) is 4.56. The Bertz CT molecular complexity index is 355. The molecule has 2 saturated heterocycles. The van der Waals surface area contributed by atoms with Crippen molar-refractivity contribution < 1.29 is 28.6 Å². The maximum atomic E-state index is 2.64. The van der Waals surface area contributed by atoms with E-state index in [4.69, 9.17) is 0 Å². The van der Waals surface area contributed by atoms with Gasteiger partial charge in [0.2, 0.25) is 0 Å². The number of nitrogens with zero attached hydrogens (tertiary/aromatic N) is 2. The number of thioether (sulfide) groups is 2. The highest BCUT2D eigenvalue weighted by molar-refractivity contribution is 8.22. The lowest BCUT2D eigenvalue weighted by Gasteiger charge is -2.26. The lowest BCUT2D eigenvalue weighted by molar-refractivity contribution is -0.541. The number of rotatable bonds is 4. The quantitative estimate of drug-likeness (QED) is 0.366. The van der Waals surface area contributed by atoms with Crippen LogP contribution in [0.4, 0.5) is 0 Å². The molecule has 21 heavy (non-hydrogen) atoms. The monoisotopic (exact) mass is 440 g/mol. The second-order valence-electron chi connectivity index (χ2n) is 5.55. The van der Waals surface area contributed by atoms with Crippen LogP contribution >= 0.6 is 23.5 Å². The molecule has 2 nitrogen and oxygen atoms in total. The van der Waals surface area contributed by atoms with Gasteiger partial charge in [-0.15, -0.1) is 23.5 Å². The molecule has 0 saturated carbocycles. The van der Waals surface area contributed by atoms with E-state index in [1.165, 1.54) is 80.5 Å². The Morgan fingerprint density at radius 1 is 1.05 bits per heavy atom. The first kappa shape index (κ1) is 19.7. The van der Waals surface area contributed by atoms with Crippen LogP contribution in [-0.4, -0.2) is 53.5 Å². The van der Waals surface area contributed by atoms with Gasteiger partial charge in [0.1, 0.15) is 0 Å². The molecule has 0 N–H and O–H groups in total. The van der Waals surface area contributed by atoms with E-state index in [1.54, 1.807) is 0 Å². The largest absolute Gasteiger partial charge is 1.00 e. The molecule has 2 fully saturated rings. The van der Waals surface area contributed by atoms with Crippen molar-refractivity contribution in [2.24, 2.45) is 0 Å². The van der Waals surface area contributed by atoms with Gasteiger partial charge >= 0.3 is 0 Å². The summed E-state index contributed by atoms with van der Waals surface area (Å²) in [5.74, 6) is 2.68. The summed E-state index contributed by atoms with van der Waals surface area (Å²) in [6, 6.07) is 0. The van der Waals surface area contributed by atoms with Gasteiger partial charge in [0.15, 0.2) is 0 Å². The third kappa shape index (κ3) is 6.34. The molecule has 0 radical (unpaired) electrons. The third-order valence-electron chi connectivity index (χ3n) is 4.09. The van der Waals surface area contributed by atoms with E-state index in [0.29, 0.717) is 0 Å². The van der Waals surface area contributed by atoms with Crippen LogP contribution < -0.4 is 24.0 Å². The Kier molecular flexibility index (Phi) is 10.5. The fourth-order valence-electron chi connectivity index (χ4n) is 3.04. The van der Waals surface area contributed by atoms with Crippen molar-refractivity contribution in [2.75, 3.05) is 38.2 Å². The Hall–Kier alpha value is 0.640. The second kappa shape index (κ2) is 11.2. The fraction of sp³-hybridized carbons (Fsp3) is 0.812. The van der Waals surface area contributed by atoms with E-state index in [9.17, 15) is 0 Å². The summed E-state index contributed by atoms with van der Waals surface area (Å²) in [6.07, 6.45) is 12.9. The highest BCUT2D eigenvalue weighted by atomic mass is 127. The number of halogens is 1. The summed E-state index contributed by atoms with van der Waals surface area (Å²) in [5.41, 5.74) is 0. The third-order valence-corrected chi connectivity index (χ3v) is 6.16. The topological polar surface area (TPSA) is 6.25 Å². The van der Waals surface area contributed by atoms with Crippen LogP contribution in [0.15, 0.2) is 10.3 Å². The summed E-state index contributed by atoms with van der Waals surface area (Å²) >= 11 is 3.88. The maximum absolute atomic E-state index is 2.64. The minimum atomic E-state index is 0. The number of likely N-dealkylation sites (tertiary alicyclic amines) is 1. The Balaban J connectivity index is 0.00000220. The molecule has 0 unspecified atom stereocenters. The van der Waals surface area contributed by atoms with Gasteiger partial charge in [-0.1, -0.05) is 6.92 Å². The summed E-state index contributed by atoms with van der Waals surface area (Å²) in [4.78, 5) is 2.64. The first-order valence-corrected chi connectivity index (χ1v) is 10.3. The molecule has 0 aromatic rings. The van der Waals surface area contributed by atoms with Gasteiger partial charge < -0.3 is 24.0 Å². The molecule has 0 aromatic carbocycles. The summed E-state index contributed by atoms with van der Waals surface area (Å²) in [6.45, 7) is 7.25. The lowest BCUT2D eigenvalue weighted by Crippen LogP contribution is -3.00. The zero-order valence-corrected chi connectivity index (χ0v) is 17.2. The minimum absolute atomic E-state index is 0. The summed E-state index contributed by atoms with van der Waals surface area (Å²) < 4.78 is 4.11. The smallest absolute Gasteiger partial charge is 0.273 e. The number of hydrogen-bond donors (Lipinski definition) is 0. The van der Waals surface area contributed by atoms with E-state index in [0.717, 1.165) is 0 Å². The summed E-state index contributed by atoms with van der Waals surface area (Å²) in [5, 5.41) is 0. The predicted molar refractivity (Wildman–Crippen MR) is 94.0 cm³/mol. The zero-order valence-electron chi connectivity index (χ0n) is 13.4. The van der Waals surface area contributed by atoms with Gasteiger partial charge in [-0.25, -0.2) is 0 Å². The Morgan fingerprint density at radius 3 is 2.24 bits per heavy atom. The van der Waals surface area contributed by atoms with Crippen LogP contribution in [-0.2, 0) is 0 Å². The molecular weight excluding hydrogens is 411 g/mol. The van der Waals surface area contributed by atoms with E-state index in [-0.39, 0.29) is 24.0 Å². The molecule has 2 aliphatic rings. The normalized spacial score (nSPS) is 20.2. The van der Waals surface area contributed by atoms with Crippen LogP contribution in [0.25, 0.3) is 0 Å². The van der Waals surface area contributed by atoms with Crippen LogP contribution in [0.2, 0.25) is 0 Å². The van der Waals surface area contributed by atoms with Crippen LogP contribution in [0.1, 0.15) is 45.4 Å². The SMILES string of the molecule is CCS/C(=C/C(N1CCCCC1)=[N+]1CCCCC1)SC.[I-]. The van der Waals surface area contributed by atoms with Crippen molar-refractivity contribution in [2.45, 2.75) is 45.4 Å². The average molecular weight is 440 g/mol. The zero-order chi connectivity index (χ0) is 14.2. The lowest BCUT2D eigenvalue weighted by atomic mass is 10.1. The Morgan fingerprint density at radius 2 is 1.67 bits per heavy atom. The number of piperidine rings is 2. The minimum Gasteiger partial charge on any atom is -1.00 e. The first-order valence-electron chi connectivity index (χ1n) is 8.10. The van der Waals surface area contributed by atoms with Crippen molar-refractivity contribution in [3.05, 3.63) is 10.3 Å². The van der Waals surface area contributed by atoms with Gasteiger partial charge in [0, 0.05) is 10.3 Å². The van der Waals surface area contributed by atoms with Gasteiger partial charge in [-0.2, -0.15) is 0 Å². The highest BCUT2D eigenvalue weighted by Crippen LogP contribution is 2.26. The van der Waals surface area contributed by atoms with Crippen LogP contribution in [0, 0.1) is 0 Å². The molecule has 5 heteroatoms. The maximum Gasteiger partial charge on any atom is 0.273 e. The molecule has 0 bridgehead atoms. The highest BCUT2D eigenvalue weighted by Gasteiger charge is 2.24. The van der Waals surface area contributed by atoms with Crippen molar-refractivity contribution in [3.63, 3.8) is 0 Å². The van der Waals surface area contributed by atoms with Crippen molar-refractivity contribution in [3.8, 4) is 0 Å². The van der Waals surface area contributed by atoms with E-state index < -0.39 is 0 Å². The molecular formula is C16H29IN2S2. The first-order chi connectivity index (χ1) is 9.85. The summed E-state index contributed by atoms with van der Waals surface area (Å²) in [7, 11) is 0. The Labute approximate surface area is 156 Å². The molecule has 2 heterocycles. The van der Waals surface area contributed by atoms with E-state index in [1.807, 2.05) is 23.5 Å². The molecule has 122 valence electrons. The molecule has 0 atom stereocenters. The second-order valence-corrected chi connectivity index (χ2v) is 7.97. The number of hydrogen-bond acceptors (Lipinski definition) is 2. The van der Waals surface area contributed by atoms with Crippen molar-refractivity contribution >= 4 is 29.4 Å². The van der Waals surface area contributed by atoms with Gasteiger partial charge in [0.05, 0.1) is 26.2 Å². The predicted octanol–water partition coefficient (Wildman–Crippen LogP) is 1.03. The van der Waals surface area contributed by atoms with Gasteiger partial charge in [0.25, 0.3) is 5.84 Å². The van der Waals surface area contributed by atoms with Gasteiger partial charge in [-0.05, 0) is 50.5 Å². The molecule has 0 amide bonds. The van der Waals surface area contributed by atoms with Crippen LogP contribution in [0.5, 0.6) is 0 Å². The molecule has 0 spiro atoms. The molecule has 0 aromatic heterocycles. The van der Waals surface area contributed by atoms with Crippen molar-refractivity contribution in [1.29, 1.82) is 0 Å². The standard InChI is InChI=1S/C16H29N2S2.HI/c1-3-20-16(19-2)14-15(17-10-6-4-7-11-17)18-12-8-5-9-13-18;/h14H,3-13H2,1-2H3;1H/q+1;/p-1/b16-14+;. The van der Waals surface area contributed by atoms with Crippen molar-refractivity contribution in [1.82, 2.24) is 4.90 Å². The van der Waals surface area contributed by atoms with Gasteiger partial charge in [-0.3, -0.25) is 9.48 Å². The van der Waals surface area contributed by atoms with E-state index >= 15 is 0 Å². The van der Waals surface area contributed by atoms with E-state index in [2.05, 4.69) is 28.7 Å². The number of amidine groups is 1. The molecule has 2 aliphatic heterocycles. The average Bonchev–Trinajstić information content (AvgIpc) is 2.53. The molecule has 0 aliphatic carbocycles. The molecule has 2 rings (SSSR count). The van der Waals surface area contributed by atoms with Crippen LogP contribution in [0.3, 0.4) is 0 Å².